The van der Waals surface area contributed by atoms with Gasteiger partial charge in [-0.2, -0.15) is 13.2 Å². The van der Waals surface area contributed by atoms with E-state index in [1.807, 2.05) is 0 Å². The second-order valence-electron chi connectivity index (χ2n) is 8.15. The largest absolute Gasteiger partial charge is 0.465 e. The number of nitrogens with zero attached hydrogens (tertiary/aromatic N) is 1. The van der Waals surface area contributed by atoms with Gasteiger partial charge in [-0.15, -0.1) is 0 Å². The van der Waals surface area contributed by atoms with Gasteiger partial charge in [0, 0.05) is 13.1 Å². The fourth-order valence-electron chi connectivity index (χ4n) is 4.91. The Morgan fingerprint density at radius 2 is 1.61 bits per heavy atom. The number of hydrogen-bond acceptors (Lipinski definition) is 3. The van der Waals surface area contributed by atoms with Crippen molar-refractivity contribution in [2.45, 2.75) is 24.9 Å². The van der Waals surface area contributed by atoms with Crippen molar-refractivity contribution in [3.05, 3.63) is 65.2 Å². The van der Waals surface area contributed by atoms with Crippen LogP contribution in [-0.4, -0.2) is 37.1 Å². The number of carbonyl (C=O) groups is 2. The lowest BCUT2D eigenvalue weighted by Crippen LogP contribution is -2.34. The Hall–Kier alpha value is -3.03. The SMILES string of the molecule is COC(=O)c1ccccc1NC(=O)N1C[C@H]2CC(c3ccccc3C(F)(F)F)C[C@H]2C1. The first-order chi connectivity index (χ1) is 14.8. The summed E-state index contributed by atoms with van der Waals surface area (Å²) >= 11 is 0. The van der Waals surface area contributed by atoms with E-state index in [0.717, 1.165) is 6.07 Å². The molecule has 4 rings (SSSR count). The van der Waals surface area contributed by atoms with E-state index in [0.29, 0.717) is 37.2 Å². The molecule has 0 radical (unpaired) electrons. The van der Waals surface area contributed by atoms with Crippen LogP contribution in [0.3, 0.4) is 0 Å². The number of rotatable bonds is 3. The predicted octanol–water partition coefficient (Wildman–Crippen LogP) is 5.15. The summed E-state index contributed by atoms with van der Waals surface area (Å²) in [5, 5.41) is 2.77. The quantitative estimate of drug-likeness (QED) is 0.683. The summed E-state index contributed by atoms with van der Waals surface area (Å²) in [4.78, 5) is 26.3. The van der Waals surface area contributed by atoms with Gasteiger partial charge in [0.2, 0.25) is 0 Å². The third-order valence-electron chi connectivity index (χ3n) is 6.32. The number of para-hydroxylation sites is 1. The van der Waals surface area contributed by atoms with Crippen LogP contribution in [0.15, 0.2) is 48.5 Å². The van der Waals surface area contributed by atoms with Crippen molar-refractivity contribution in [1.82, 2.24) is 4.90 Å². The molecule has 2 fully saturated rings. The first-order valence-corrected chi connectivity index (χ1v) is 10.2. The first-order valence-electron chi connectivity index (χ1n) is 10.2. The molecule has 1 aliphatic carbocycles. The van der Waals surface area contributed by atoms with E-state index < -0.39 is 17.7 Å². The van der Waals surface area contributed by atoms with E-state index in [9.17, 15) is 22.8 Å². The van der Waals surface area contributed by atoms with Gasteiger partial charge in [-0.25, -0.2) is 9.59 Å². The number of hydrogen-bond donors (Lipinski definition) is 1. The molecule has 164 valence electrons. The molecule has 5 nitrogen and oxygen atoms in total. The topological polar surface area (TPSA) is 58.6 Å². The summed E-state index contributed by atoms with van der Waals surface area (Å²) in [5.74, 6) is -0.376. The molecule has 3 atom stereocenters. The molecule has 0 spiro atoms. The van der Waals surface area contributed by atoms with Crippen LogP contribution < -0.4 is 5.32 Å². The van der Waals surface area contributed by atoms with E-state index in [2.05, 4.69) is 5.32 Å². The molecule has 0 aromatic heterocycles. The lowest BCUT2D eigenvalue weighted by Gasteiger charge is -2.22. The van der Waals surface area contributed by atoms with Gasteiger partial charge in [0.25, 0.3) is 0 Å². The van der Waals surface area contributed by atoms with Gasteiger partial charge < -0.3 is 15.0 Å². The fraction of sp³-hybridized carbons (Fsp3) is 0.391. The number of halogens is 3. The lowest BCUT2D eigenvalue weighted by molar-refractivity contribution is -0.138. The van der Waals surface area contributed by atoms with Crippen molar-refractivity contribution in [3.8, 4) is 0 Å². The Kier molecular flexibility index (Phi) is 5.64. The molecule has 1 unspecified atom stereocenters. The Balaban J connectivity index is 1.42. The first kappa shape index (κ1) is 21.2. The fourth-order valence-corrected chi connectivity index (χ4v) is 4.91. The molecule has 1 N–H and O–H groups in total. The Labute approximate surface area is 178 Å². The number of methoxy groups -OCH3 is 1. The van der Waals surface area contributed by atoms with Crippen LogP contribution in [0.4, 0.5) is 23.7 Å². The van der Waals surface area contributed by atoms with Crippen LogP contribution in [0.25, 0.3) is 0 Å². The summed E-state index contributed by atoms with van der Waals surface area (Å²) < 4.78 is 44.9. The van der Waals surface area contributed by atoms with Crippen molar-refractivity contribution < 1.29 is 27.5 Å². The number of benzene rings is 2. The van der Waals surface area contributed by atoms with E-state index in [1.54, 1.807) is 41.3 Å². The summed E-state index contributed by atoms with van der Waals surface area (Å²) in [6.07, 6.45) is -3.12. The van der Waals surface area contributed by atoms with Crippen LogP contribution in [0.2, 0.25) is 0 Å². The Bertz CT molecular complexity index is 978. The summed E-state index contributed by atoms with van der Waals surface area (Å²) in [6.45, 7) is 0.975. The molecule has 31 heavy (non-hydrogen) atoms. The molecule has 1 aliphatic heterocycles. The molecule has 0 bridgehead atoms. The van der Waals surface area contributed by atoms with Crippen molar-refractivity contribution >= 4 is 17.7 Å². The van der Waals surface area contributed by atoms with Gasteiger partial charge in [-0.3, -0.25) is 0 Å². The third-order valence-corrected chi connectivity index (χ3v) is 6.32. The van der Waals surface area contributed by atoms with Crippen LogP contribution in [0.5, 0.6) is 0 Å². The average molecular weight is 432 g/mol. The standard InChI is InChI=1S/C23H23F3N2O3/c1-31-21(29)18-7-3-5-9-20(18)27-22(30)28-12-15-10-14(11-16(15)13-28)17-6-2-4-8-19(17)23(24,25)26/h2-9,14-16H,10-13H2,1H3,(H,27,30)/t14?,15-,16+. The Morgan fingerprint density at radius 1 is 1.00 bits per heavy atom. The minimum atomic E-state index is -4.37. The molecule has 2 aromatic rings. The Morgan fingerprint density at radius 3 is 2.26 bits per heavy atom. The number of likely N-dealkylation sites (tertiary alicyclic amines) is 1. The second-order valence-corrected chi connectivity index (χ2v) is 8.15. The van der Waals surface area contributed by atoms with E-state index in [-0.39, 0.29) is 29.3 Å². The number of ether oxygens (including phenoxy) is 1. The highest BCUT2D eigenvalue weighted by atomic mass is 19.4. The number of nitrogens with one attached hydrogen (secondary N) is 1. The van der Waals surface area contributed by atoms with Crippen LogP contribution in [-0.2, 0) is 10.9 Å². The molecule has 8 heteroatoms. The highest BCUT2D eigenvalue weighted by Crippen LogP contribution is 2.48. The predicted molar refractivity (Wildman–Crippen MR) is 109 cm³/mol. The van der Waals surface area contributed by atoms with E-state index in [1.165, 1.54) is 13.2 Å². The number of anilines is 1. The zero-order chi connectivity index (χ0) is 22.2. The van der Waals surface area contributed by atoms with Gasteiger partial charge >= 0.3 is 18.2 Å². The zero-order valence-electron chi connectivity index (χ0n) is 17.0. The summed E-state index contributed by atoms with van der Waals surface area (Å²) in [7, 11) is 1.27. The van der Waals surface area contributed by atoms with Gasteiger partial charge in [-0.1, -0.05) is 30.3 Å². The lowest BCUT2D eigenvalue weighted by atomic mass is 9.91. The van der Waals surface area contributed by atoms with E-state index in [4.69, 9.17) is 4.74 Å². The molecule has 2 aromatic carbocycles. The van der Waals surface area contributed by atoms with Crippen molar-refractivity contribution in [2.75, 3.05) is 25.5 Å². The van der Waals surface area contributed by atoms with Crippen molar-refractivity contribution in [1.29, 1.82) is 0 Å². The maximum Gasteiger partial charge on any atom is 0.416 e. The average Bonchev–Trinajstić information content (AvgIpc) is 3.32. The molecular formula is C23H23F3N2O3. The van der Waals surface area contributed by atoms with Crippen molar-refractivity contribution in [2.24, 2.45) is 11.8 Å². The molecule has 2 amide bonds. The van der Waals surface area contributed by atoms with Gasteiger partial charge in [-0.05, 0) is 54.4 Å². The monoisotopic (exact) mass is 432 g/mol. The van der Waals surface area contributed by atoms with Gasteiger partial charge in [0.05, 0.1) is 23.9 Å². The maximum absolute atomic E-state index is 13.4. The summed E-state index contributed by atoms with van der Waals surface area (Å²) in [5.41, 5.74) is 0.427. The van der Waals surface area contributed by atoms with Crippen molar-refractivity contribution in [3.63, 3.8) is 0 Å². The van der Waals surface area contributed by atoms with E-state index >= 15 is 0 Å². The summed E-state index contributed by atoms with van der Waals surface area (Å²) in [6, 6.07) is 12.1. The highest BCUT2D eigenvalue weighted by molar-refractivity contribution is 6.00. The number of carbonyl (C=O) groups excluding carboxylic acids is 2. The number of fused-ring (bicyclic) bond motifs is 1. The van der Waals surface area contributed by atoms with Gasteiger partial charge in [0.15, 0.2) is 0 Å². The van der Waals surface area contributed by atoms with Crippen LogP contribution >= 0.6 is 0 Å². The smallest absolute Gasteiger partial charge is 0.416 e. The second kappa shape index (κ2) is 8.24. The zero-order valence-corrected chi connectivity index (χ0v) is 17.0. The minimum Gasteiger partial charge on any atom is -0.465 e. The molecule has 1 saturated heterocycles. The number of amides is 2. The molecule has 1 heterocycles. The molecule has 1 saturated carbocycles. The minimum absolute atomic E-state index is 0.155. The van der Waals surface area contributed by atoms with Gasteiger partial charge in [0.1, 0.15) is 0 Å². The molecule has 2 aliphatic rings. The number of urea groups is 1. The third kappa shape index (κ3) is 4.24. The number of esters is 1. The highest BCUT2D eigenvalue weighted by Gasteiger charge is 2.45. The maximum atomic E-state index is 13.4. The van der Waals surface area contributed by atoms with Crippen LogP contribution in [0.1, 0.15) is 40.2 Å². The van der Waals surface area contributed by atoms with Crippen LogP contribution in [0, 0.1) is 11.8 Å². The molecular weight excluding hydrogens is 409 g/mol. The normalized spacial score (nSPS) is 22.8. The number of alkyl halides is 3.